The third-order valence-electron chi connectivity index (χ3n) is 2.53. The van der Waals surface area contributed by atoms with E-state index in [1.807, 2.05) is 25.1 Å². The van der Waals surface area contributed by atoms with E-state index in [1.165, 1.54) is 0 Å². The van der Waals surface area contributed by atoms with Gasteiger partial charge >= 0.3 is 0 Å². The Morgan fingerprint density at radius 2 is 2.24 bits per heavy atom. The van der Waals surface area contributed by atoms with Crippen LogP contribution in [-0.2, 0) is 4.79 Å². The molecular formula is C12H9N3OS. The van der Waals surface area contributed by atoms with Gasteiger partial charge in [0.25, 0.3) is 5.91 Å². The SMILES string of the molecule is Cc1ccc2c(c1)/C(=C(\C#N)C(N)=S)C(=O)N2. The standard InChI is InChI=1S/C12H9N3OS/c1-6-2-3-9-7(4-6)10(12(16)15-9)8(5-13)11(14)17/h2-4H,1H3,(H2,14,17)(H,15,16)/b10-8-. The molecule has 0 unspecified atom stereocenters. The maximum Gasteiger partial charge on any atom is 0.257 e. The average molecular weight is 243 g/mol. The topological polar surface area (TPSA) is 78.9 Å². The van der Waals surface area contributed by atoms with Crippen molar-refractivity contribution in [2.24, 2.45) is 5.73 Å². The molecular weight excluding hydrogens is 234 g/mol. The predicted molar refractivity (Wildman–Crippen MR) is 69.1 cm³/mol. The number of carbonyl (C=O) groups excluding carboxylic acids is 1. The van der Waals surface area contributed by atoms with Crippen molar-refractivity contribution >= 4 is 34.4 Å². The summed E-state index contributed by atoms with van der Waals surface area (Å²) in [5.74, 6) is -0.338. The van der Waals surface area contributed by atoms with Gasteiger partial charge in [-0.2, -0.15) is 5.26 Å². The Morgan fingerprint density at radius 1 is 1.53 bits per heavy atom. The van der Waals surface area contributed by atoms with Crippen LogP contribution in [0.2, 0.25) is 0 Å². The number of thiocarbonyl (C=S) groups is 1. The third kappa shape index (κ3) is 1.79. The number of hydrogen-bond donors (Lipinski definition) is 2. The smallest absolute Gasteiger partial charge is 0.257 e. The second-order valence-electron chi connectivity index (χ2n) is 3.73. The van der Waals surface area contributed by atoms with Crippen LogP contribution in [0.1, 0.15) is 11.1 Å². The van der Waals surface area contributed by atoms with Crippen LogP contribution in [0.5, 0.6) is 0 Å². The number of hydrogen-bond acceptors (Lipinski definition) is 3. The number of carbonyl (C=O) groups is 1. The number of nitrogens with zero attached hydrogens (tertiary/aromatic N) is 1. The van der Waals surface area contributed by atoms with Crippen molar-refractivity contribution in [1.29, 1.82) is 5.26 Å². The summed E-state index contributed by atoms with van der Waals surface area (Å²) in [6.45, 7) is 1.91. The minimum atomic E-state index is -0.338. The molecule has 0 saturated carbocycles. The molecule has 1 aliphatic heterocycles. The zero-order valence-corrected chi connectivity index (χ0v) is 9.89. The summed E-state index contributed by atoms with van der Waals surface area (Å²) in [6.07, 6.45) is 0. The van der Waals surface area contributed by atoms with E-state index in [1.54, 1.807) is 6.07 Å². The lowest BCUT2D eigenvalue weighted by Crippen LogP contribution is -2.15. The summed E-state index contributed by atoms with van der Waals surface area (Å²) < 4.78 is 0. The lowest BCUT2D eigenvalue weighted by atomic mass is 10.00. The summed E-state index contributed by atoms with van der Waals surface area (Å²) in [5, 5.41) is 11.7. The summed E-state index contributed by atoms with van der Waals surface area (Å²) in [4.78, 5) is 11.7. The Hall–Kier alpha value is -2.19. The molecule has 0 bridgehead atoms. The maximum atomic E-state index is 11.8. The van der Waals surface area contributed by atoms with Gasteiger partial charge in [-0.15, -0.1) is 0 Å². The summed E-state index contributed by atoms with van der Waals surface area (Å²) in [7, 11) is 0. The molecule has 17 heavy (non-hydrogen) atoms. The van der Waals surface area contributed by atoms with Gasteiger partial charge in [-0.3, -0.25) is 4.79 Å². The van der Waals surface area contributed by atoms with Gasteiger partial charge in [-0.05, 0) is 19.1 Å². The first-order chi connectivity index (χ1) is 8.04. The molecule has 1 amide bonds. The van der Waals surface area contributed by atoms with E-state index < -0.39 is 0 Å². The molecule has 1 aromatic rings. The number of amides is 1. The zero-order valence-electron chi connectivity index (χ0n) is 9.07. The monoisotopic (exact) mass is 243 g/mol. The number of nitriles is 1. The minimum absolute atomic E-state index is 0.0573. The molecule has 0 spiro atoms. The van der Waals surface area contributed by atoms with E-state index in [-0.39, 0.29) is 22.0 Å². The van der Waals surface area contributed by atoms with E-state index >= 15 is 0 Å². The molecule has 0 fully saturated rings. The molecule has 4 nitrogen and oxygen atoms in total. The van der Waals surface area contributed by atoms with Crippen LogP contribution in [-0.4, -0.2) is 10.9 Å². The van der Waals surface area contributed by atoms with Gasteiger partial charge in [-0.25, -0.2) is 0 Å². The Morgan fingerprint density at radius 3 is 2.82 bits per heavy atom. The van der Waals surface area contributed by atoms with E-state index in [0.29, 0.717) is 11.3 Å². The number of fused-ring (bicyclic) bond motifs is 1. The highest BCUT2D eigenvalue weighted by Crippen LogP contribution is 2.34. The van der Waals surface area contributed by atoms with Gasteiger partial charge in [0.2, 0.25) is 0 Å². The predicted octanol–water partition coefficient (Wildman–Crippen LogP) is 1.51. The Labute approximate surface area is 104 Å². The first-order valence-electron chi connectivity index (χ1n) is 4.91. The van der Waals surface area contributed by atoms with E-state index in [9.17, 15) is 4.79 Å². The number of benzene rings is 1. The second-order valence-corrected chi connectivity index (χ2v) is 4.17. The second kappa shape index (κ2) is 4.00. The van der Waals surface area contributed by atoms with Gasteiger partial charge in [-0.1, -0.05) is 23.8 Å². The lowest BCUT2D eigenvalue weighted by Gasteiger charge is -2.02. The van der Waals surface area contributed by atoms with Crippen molar-refractivity contribution in [3.8, 4) is 6.07 Å². The highest BCUT2D eigenvalue weighted by Gasteiger charge is 2.28. The summed E-state index contributed by atoms with van der Waals surface area (Å²) in [5.41, 5.74) is 8.13. The summed E-state index contributed by atoms with van der Waals surface area (Å²) >= 11 is 4.79. The molecule has 1 heterocycles. The van der Waals surface area contributed by atoms with Crippen molar-refractivity contribution in [1.82, 2.24) is 0 Å². The molecule has 0 aromatic heterocycles. The molecule has 1 aromatic carbocycles. The van der Waals surface area contributed by atoms with Crippen LogP contribution in [0.15, 0.2) is 23.8 Å². The molecule has 2 rings (SSSR count). The number of rotatable bonds is 1. The minimum Gasteiger partial charge on any atom is -0.389 e. The van der Waals surface area contributed by atoms with Gasteiger partial charge in [0.05, 0.1) is 11.1 Å². The fourth-order valence-electron chi connectivity index (χ4n) is 1.76. The number of anilines is 1. The molecule has 0 aliphatic carbocycles. The van der Waals surface area contributed by atoms with Crippen molar-refractivity contribution in [3.05, 3.63) is 34.9 Å². The molecule has 0 saturated heterocycles. The van der Waals surface area contributed by atoms with Crippen molar-refractivity contribution in [2.75, 3.05) is 5.32 Å². The van der Waals surface area contributed by atoms with E-state index in [4.69, 9.17) is 23.2 Å². The van der Waals surface area contributed by atoms with Crippen LogP contribution in [0.4, 0.5) is 5.69 Å². The lowest BCUT2D eigenvalue weighted by molar-refractivity contribution is -0.110. The van der Waals surface area contributed by atoms with Crippen LogP contribution in [0.3, 0.4) is 0 Å². The van der Waals surface area contributed by atoms with Crippen LogP contribution >= 0.6 is 12.2 Å². The van der Waals surface area contributed by atoms with Gasteiger partial charge in [0.1, 0.15) is 11.1 Å². The van der Waals surface area contributed by atoms with Crippen LogP contribution < -0.4 is 11.1 Å². The normalized spacial score (nSPS) is 15.9. The largest absolute Gasteiger partial charge is 0.389 e. The molecule has 5 heteroatoms. The summed E-state index contributed by atoms with van der Waals surface area (Å²) in [6, 6.07) is 7.40. The van der Waals surface area contributed by atoms with Crippen molar-refractivity contribution in [2.45, 2.75) is 6.92 Å². The molecule has 84 valence electrons. The average Bonchev–Trinajstić information content (AvgIpc) is 2.56. The van der Waals surface area contributed by atoms with E-state index in [2.05, 4.69) is 5.32 Å². The number of aryl methyl sites for hydroxylation is 1. The Bertz CT molecular complexity index is 611. The number of nitrogens with two attached hydrogens (primary N) is 1. The van der Waals surface area contributed by atoms with Gasteiger partial charge in [0.15, 0.2) is 0 Å². The van der Waals surface area contributed by atoms with E-state index in [0.717, 1.165) is 5.56 Å². The molecule has 0 atom stereocenters. The quantitative estimate of drug-likeness (QED) is 0.445. The Balaban J connectivity index is 2.75. The molecule has 3 N–H and O–H groups in total. The molecule has 0 radical (unpaired) electrons. The van der Waals surface area contributed by atoms with Crippen LogP contribution in [0, 0.1) is 18.3 Å². The first-order valence-corrected chi connectivity index (χ1v) is 5.32. The molecule has 1 aliphatic rings. The van der Waals surface area contributed by atoms with Crippen molar-refractivity contribution < 1.29 is 4.79 Å². The van der Waals surface area contributed by atoms with Gasteiger partial charge < -0.3 is 11.1 Å². The highest BCUT2D eigenvalue weighted by atomic mass is 32.1. The Kier molecular flexibility index (Phi) is 2.66. The zero-order chi connectivity index (χ0) is 12.6. The fraction of sp³-hybridized carbons (Fsp3) is 0.0833. The first kappa shape index (κ1) is 11.3. The van der Waals surface area contributed by atoms with Gasteiger partial charge in [0, 0.05) is 11.3 Å². The maximum absolute atomic E-state index is 11.8. The van der Waals surface area contributed by atoms with Crippen LogP contribution in [0.25, 0.3) is 5.57 Å². The van der Waals surface area contributed by atoms with Crippen molar-refractivity contribution in [3.63, 3.8) is 0 Å². The number of nitrogens with one attached hydrogen (secondary N) is 1. The third-order valence-corrected chi connectivity index (χ3v) is 2.73. The fourth-order valence-corrected chi connectivity index (χ4v) is 1.91. The highest BCUT2D eigenvalue weighted by molar-refractivity contribution is 7.80.